The van der Waals surface area contributed by atoms with Gasteiger partial charge in [-0.3, -0.25) is 4.79 Å². The van der Waals surface area contributed by atoms with E-state index in [9.17, 15) is 4.79 Å². The highest BCUT2D eigenvalue weighted by molar-refractivity contribution is 5.75. The summed E-state index contributed by atoms with van der Waals surface area (Å²) in [5.74, 6) is -0.173. The molecule has 1 aliphatic heterocycles. The number of carbonyl (C=O) groups excluding carboxylic acids is 1. The summed E-state index contributed by atoms with van der Waals surface area (Å²) in [7, 11) is 0. The molecule has 0 aromatic rings. The van der Waals surface area contributed by atoms with Crippen molar-refractivity contribution in [3.05, 3.63) is 0 Å². The molecule has 4 heteroatoms. The Hall–Kier alpha value is -0.610. The van der Waals surface area contributed by atoms with Gasteiger partial charge in [-0.2, -0.15) is 0 Å². The largest absolute Gasteiger partial charge is 0.462 e. The fourth-order valence-corrected chi connectivity index (χ4v) is 1.19. The first-order valence-corrected chi connectivity index (χ1v) is 5.40. The molecule has 1 aliphatic rings. The minimum Gasteiger partial charge on any atom is -0.462 e. The van der Waals surface area contributed by atoms with Crippen molar-refractivity contribution in [1.82, 2.24) is 0 Å². The number of hydrogen-bond acceptors (Lipinski definition) is 4. The number of rotatable bonds is 4. The molecule has 15 heavy (non-hydrogen) atoms. The average molecular weight is 216 g/mol. The fourth-order valence-electron chi connectivity index (χ4n) is 1.19. The van der Waals surface area contributed by atoms with Crippen LogP contribution in [0.25, 0.3) is 0 Å². The molecule has 2 unspecified atom stereocenters. The molecule has 0 aromatic heterocycles. The molecule has 0 spiro atoms. The van der Waals surface area contributed by atoms with Crippen LogP contribution in [0.2, 0.25) is 0 Å². The van der Waals surface area contributed by atoms with Crippen molar-refractivity contribution in [2.75, 3.05) is 13.2 Å². The topological polar surface area (TPSA) is 44.8 Å². The van der Waals surface area contributed by atoms with Gasteiger partial charge < -0.3 is 14.2 Å². The third-order valence-electron chi connectivity index (χ3n) is 2.74. The standard InChI is InChI=1S/C11H20O4/c1-5-11(3,4)10(12)14-7-9-6-13-8(2)15-9/h8-9H,5-7H2,1-4H3. The maximum Gasteiger partial charge on any atom is 0.311 e. The van der Waals surface area contributed by atoms with Crippen molar-refractivity contribution in [3.63, 3.8) is 0 Å². The molecule has 0 radical (unpaired) electrons. The van der Waals surface area contributed by atoms with E-state index in [0.717, 1.165) is 6.42 Å². The molecule has 0 bridgehead atoms. The van der Waals surface area contributed by atoms with Crippen LogP contribution in [0, 0.1) is 5.41 Å². The van der Waals surface area contributed by atoms with E-state index in [4.69, 9.17) is 14.2 Å². The van der Waals surface area contributed by atoms with E-state index >= 15 is 0 Å². The predicted molar refractivity (Wildman–Crippen MR) is 55.3 cm³/mol. The smallest absolute Gasteiger partial charge is 0.311 e. The van der Waals surface area contributed by atoms with Gasteiger partial charge in [0.15, 0.2) is 6.29 Å². The molecule has 0 aliphatic carbocycles. The second-order valence-electron chi connectivity index (χ2n) is 4.49. The Balaban J connectivity index is 2.28. The van der Waals surface area contributed by atoms with Crippen molar-refractivity contribution >= 4 is 5.97 Å². The van der Waals surface area contributed by atoms with E-state index in [1.807, 2.05) is 27.7 Å². The van der Waals surface area contributed by atoms with Gasteiger partial charge in [0.25, 0.3) is 0 Å². The normalized spacial score (nSPS) is 26.7. The number of hydrogen-bond donors (Lipinski definition) is 0. The van der Waals surface area contributed by atoms with Crippen LogP contribution in [-0.4, -0.2) is 31.6 Å². The van der Waals surface area contributed by atoms with Gasteiger partial charge in [-0.25, -0.2) is 0 Å². The van der Waals surface area contributed by atoms with E-state index in [1.165, 1.54) is 0 Å². The molecule has 2 atom stereocenters. The minimum absolute atomic E-state index is 0.114. The van der Waals surface area contributed by atoms with E-state index in [-0.39, 0.29) is 25.0 Å². The van der Waals surface area contributed by atoms with E-state index in [1.54, 1.807) is 0 Å². The van der Waals surface area contributed by atoms with Gasteiger partial charge in [0, 0.05) is 0 Å². The molecule has 1 heterocycles. The second kappa shape index (κ2) is 4.94. The van der Waals surface area contributed by atoms with Gasteiger partial charge in [0.2, 0.25) is 0 Å². The van der Waals surface area contributed by atoms with Gasteiger partial charge in [0.1, 0.15) is 12.7 Å². The third-order valence-corrected chi connectivity index (χ3v) is 2.74. The highest BCUT2D eigenvalue weighted by atomic mass is 16.7. The number of esters is 1. The fraction of sp³-hybridized carbons (Fsp3) is 0.909. The molecular formula is C11H20O4. The molecule has 0 saturated carbocycles. The summed E-state index contributed by atoms with van der Waals surface area (Å²) < 4.78 is 15.7. The van der Waals surface area contributed by atoms with Gasteiger partial charge in [-0.1, -0.05) is 6.92 Å². The van der Waals surface area contributed by atoms with Gasteiger partial charge in [-0.15, -0.1) is 0 Å². The summed E-state index contributed by atoms with van der Waals surface area (Å²) in [4.78, 5) is 11.6. The Kier molecular flexibility index (Phi) is 4.11. The van der Waals surface area contributed by atoms with Gasteiger partial charge in [0.05, 0.1) is 12.0 Å². The van der Waals surface area contributed by atoms with E-state index < -0.39 is 5.41 Å². The number of carbonyl (C=O) groups is 1. The van der Waals surface area contributed by atoms with Crippen molar-refractivity contribution in [1.29, 1.82) is 0 Å². The van der Waals surface area contributed by atoms with E-state index in [2.05, 4.69) is 0 Å². The molecule has 0 N–H and O–H groups in total. The van der Waals surface area contributed by atoms with Gasteiger partial charge in [-0.05, 0) is 27.2 Å². The first-order chi connectivity index (χ1) is 6.95. The van der Waals surface area contributed by atoms with Crippen molar-refractivity contribution in [2.45, 2.75) is 46.5 Å². The average Bonchev–Trinajstić information content (AvgIpc) is 2.60. The highest BCUT2D eigenvalue weighted by Gasteiger charge is 2.29. The summed E-state index contributed by atoms with van der Waals surface area (Å²) in [6.07, 6.45) is 0.467. The zero-order valence-corrected chi connectivity index (χ0v) is 9.91. The van der Waals surface area contributed by atoms with Crippen LogP contribution in [0.3, 0.4) is 0 Å². The van der Waals surface area contributed by atoms with Crippen LogP contribution in [0.1, 0.15) is 34.1 Å². The number of ether oxygens (including phenoxy) is 3. The molecule has 1 rings (SSSR count). The second-order valence-corrected chi connectivity index (χ2v) is 4.49. The lowest BCUT2D eigenvalue weighted by Crippen LogP contribution is -2.29. The predicted octanol–water partition coefficient (Wildman–Crippen LogP) is 1.73. The minimum atomic E-state index is -0.412. The molecule has 1 fully saturated rings. The summed E-state index contributed by atoms with van der Waals surface area (Å²) >= 11 is 0. The Morgan fingerprint density at radius 2 is 2.20 bits per heavy atom. The Bertz CT molecular complexity index is 225. The lowest BCUT2D eigenvalue weighted by molar-refractivity contribution is -0.158. The van der Waals surface area contributed by atoms with Crippen LogP contribution in [-0.2, 0) is 19.0 Å². The zero-order valence-electron chi connectivity index (χ0n) is 9.91. The Morgan fingerprint density at radius 1 is 1.53 bits per heavy atom. The lowest BCUT2D eigenvalue weighted by Gasteiger charge is -2.21. The molecule has 1 saturated heterocycles. The van der Waals surface area contributed by atoms with Crippen LogP contribution < -0.4 is 0 Å². The molecule has 4 nitrogen and oxygen atoms in total. The van der Waals surface area contributed by atoms with Crippen molar-refractivity contribution < 1.29 is 19.0 Å². The maximum atomic E-state index is 11.6. The van der Waals surface area contributed by atoms with Crippen molar-refractivity contribution in [3.8, 4) is 0 Å². The van der Waals surface area contributed by atoms with Crippen LogP contribution in [0.5, 0.6) is 0 Å². The molecule has 0 amide bonds. The van der Waals surface area contributed by atoms with Gasteiger partial charge >= 0.3 is 5.97 Å². The van der Waals surface area contributed by atoms with Crippen LogP contribution in [0.4, 0.5) is 0 Å². The summed E-state index contributed by atoms with van der Waals surface area (Å²) in [5, 5.41) is 0. The first kappa shape index (κ1) is 12.5. The molecule has 88 valence electrons. The van der Waals surface area contributed by atoms with Crippen LogP contribution in [0.15, 0.2) is 0 Å². The quantitative estimate of drug-likeness (QED) is 0.671. The monoisotopic (exact) mass is 216 g/mol. The third kappa shape index (κ3) is 3.47. The Morgan fingerprint density at radius 3 is 2.67 bits per heavy atom. The first-order valence-electron chi connectivity index (χ1n) is 5.40. The lowest BCUT2D eigenvalue weighted by atomic mass is 9.91. The molecule has 0 aromatic carbocycles. The summed E-state index contributed by atoms with van der Waals surface area (Å²) in [5.41, 5.74) is -0.412. The van der Waals surface area contributed by atoms with Crippen LogP contribution >= 0.6 is 0 Å². The SMILES string of the molecule is CCC(C)(C)C(=O)OCC1COC(C)O1. The highest BCUT2D eigenvalue weighted by Crippen LogP contribution is 2.22. The van der Waals surface area contributed by atoms with Crippen molar-refractivity contribution in [2.24, 2.45) is 5.41 Å². The van der Waals surface area contributed by atoms with E-state index in [0.29, 0.717) is 6.61 Å². The maximum absolute atomic E-state index is 11.6. The molecular weight excluding hydrogens is 196 g/mol. The Labute approximate surface area is 90.9 Å². The zero-order chi connectivity index (χ0) is 11.5. The summed E-state index contributed by atoms with van der Waals surface area (Å²) in [6, 6.07) is 0. The summed E-state index contributed by atoms with van der Waals surface area (Å²) in [6.45, 7) is 8.35.